The van der Waals surface area contributed by atoms with Crippen LogP contribution in [0.15, 0.2) is 71.9 Å². The average Bonchev–Trinajstić information content (AvgIpc) is 3.01. The van der Waals surface area contributed by atoms with Gasteiger partial charge in [0.25, 0.3) is 0 Å². The molecule has 0 aliphatic rings. The molecule has 2 N–H and O–H groups in total. The number of oxime groups is 1. The number of para-hydroxylation sites is 2. The van der Waals surface area contributed by atoms with Crippen LogP contribution in [0, 0.1) is 6.92 Å². The molecule has 1 heterocycles. The predicted octanol–water partition coefficient (Wildman–Crippen LogP) is 5.51. The first kappa shape index (κ1) is 18.1. The molecule has 3 aromatic carbocycles. The van der Waals surface area contributed by atoms with E-state index >= 15 is 0 Å². The Kier molecular flexibility index (Phi) is 4.75. The predicted molar refractivity (Wildman–Crippen MR) is 114 cm³/mol. The number of benzene rings is 3. The van der Waals surface area contributed by atoms with E-state index in [2.05, 4.69) is 15.5 Å². The molecule has 28 heavy (non-hydrogen) atoms. The molecule has 5 nitrogen and oxygen atoms in total. The van der Waals surface area contributed by atoms with Gasteiger partial charge in [-0.1, -0.05) is 53.2 Å². The summed E-state index contributed by atoms with van der Waals surface area (Å²) in [5, 5.41) is 16.9. The first-order valence-electron chi connectivity index (χ1n) is 8.85. The largest absolute Gasteiger partial charge is 0.410 e. The molecule has 4 aromatic rings. The second kappa shape index (κ2) is 7.37. The Morgan fingerprint density at radius 3 is 2.50 bits per heavy atom. The highest BCUT2D eigenvalue weighted by atomic mass is 35.5. The maximum atomic E-state index is 9.60. The van der Waals surface area contributed by atoms with E-state index in [1.807, 2.05) is 79.2 Å². The number of halogens is 1. The van der Waals surface area contributed by atoms with Gasteiger partial charge in [-0.05, 0) is 42.8 Å². The zero-order chi connectivity index (χ0) is 19.7. The number of fused-ring (bicyclic) bond motifs is 1. The molecule has 0 saturated carbocycles. The van der Waals surface area contributed by atoms with Crippen molar-refractivity contribution in [2.24, 2.45) is 12.2 Å². The van der Waals surface area contributed by atoms with Gasteiger partial charge in [-0.2, -0.15) is 0 Å². The second-order valence-corrected chi connectivity index (χ2v) is 6.97. The van der Waals surface area contributed by atoms with Gasteiger partial charge in [-0.3, -0.25) is 0 Å². The molecule has 1 aromatic heterocycles. The fourth-order valence-corrected chi connectivity index (χ4v) is 3.53. The third kappa shape index (κ3) is 3.21. The summed E-state index contributed by atoms with van der Waals surface area (Å²) < 4.78 is 1.99. The topological polar surface area (TPSA) is 62.4 Å². The van der Waals surface area contributed by atoms with Crippen molar-refractivity contribution in [3.63, 3.8) is 0 Å². The summed E-state index contributed by atoms with van der Waals surface area (Å²) in [6.45, 7) is 1.97. The standard InChI is InChI=1S/C22H19ClN4O/c1-14-7-3-4-8-16(14)21(26-28)17-12-11-15(13-18(17)23)24-22-25-19-9-5-6-10-20(19)27(22)2/h3-13,28H,1-2H3,(H,24,25). The maximum absolute atomic E-state index is 9.60. The smallest absolute Gasteiger partial charge is 0.208 e. The van der Waals surface area contributed by atoms with Gasteiger partial charge < -0.3 is 15.1 Å². The summed E-state index contributed by atoms with van der Waals surface area (Å²) in [6.07, 6.45) is 0. The lowest BCUT2D eigenvalue weighted by atomic mass is 9.98. The van der Waals surface area contributed by atoms with Crippen LogP contribution >= 0.6 is 11.6 Å². The fraction of sp³-hybridized carbons (Fsp3) is 0.0909. The summed E-state index contributed by atoms with van der Waals surface area (Å²) in [6, 6.07) is 21.2. The summed E-state index contributed by atoms with van der Waals surface area (Å²) in [5.74, 6) is 0.722. The van der Waals surface area contributed by atoms with Crippen molar-refractivity contribution in [3.8, 4) is 0 Å². The van der Waals surface area contributed by atoms with Gasteiger partial charge in [-0.25, -0.2) is 4.98 Å². The van der Waals surface area contributed by atoms with E-state index in [4.69, 9.17) is 11.6 Å². The Morgan fingerprint density at radius 2 is 1.79 bits per heavy atom. The minimum absolute atomic E-state index is 0.442. The monoisotopic (exact) mass is 390 g/mol. The maximum Gasteiger partial charge on any atom is 0.208 e. The Balaban J connectivity index is 1.68. The highest BCUT2D eigenvalue weighted by molar-refractivity contribution is 6.35. The van der Waals surface area contributed by atoms with Crippen LogP contribution in [0.1, 0.15) is 16.7 Å². The minimum atomic E-state index is 0.442. The molecule has 0 aliphatic heterocycles. The van der Waals surface area contributed by atoms with E-state index in [0.717, 1.165) is 33.8 Å². The minimum Gasteiger partial charge on any atom is -0.410 e. The summed E-state index contributed by atoms with van der Waals surface area (Å²) in [4.78, 5) is 4.62. The summed E-state index contributed by atoms with van der Waals surface area (Å²) in [5.41, 5.74) is 5.71. The number of imidazole rings is 1. The third-order valence-corrected chi connectivity index (χ3v) is 5.08. The fourth-order valence-electron chi connectivity index (χ4n) is 3.26. The van der Waals surface area contributed by atoms with Gasteiger partial charge in [-0.15, -0.1) is 0 Å². The third-order valence-electron chi connectivity index (χ3n) is 4.77. The second-order valence-electron chi connectivity index (χ2n) is 6.57. The Bertz CT molecular complexity index is 1200. The molecule has 0 radical (unpaired) electrons. The molecule has 140 valence electrons. The van der Waals surface area contributed by atoms with Gasteiger partial charge >= 0.3 is 0 Å². The molecule has 0 amide bonds. The SMILES string of the molecule is Cc1ccccc1C(=NO)c1ccc(Nc2nc3ccccc3n2C)cc1Cl. The highest BCUT2D eigenvalue weighted by Gasteiger charge is 2.15. The van der Waals surface area contributed by atoms with Crippen LogP contribution in [0.4, 0.5) is 11.6 Å². The van der Waals surface area contributed by atoms with E-state index in [9.17, 15) is 5.21 Å². The lowest BCUT2D eigenvalue weighted by Gasteiger charge is -2.12. The van der Waals surface area contributed by atoms with E-state index < -0.39 is 0 Å². The van der Waals surface area contributed by atoms with Crippen LogP contribution in [0.3, 0.4) is 0 Å². The van der Waals surface area contributed by atoms with E-state index in [-0.39, 0.29) is 0 Å². The molecule has 0 unspecified atom stereocenters. The van der Waals surface area contributed by atoms with E-state index in [0.29, 0.717) is 16.3 Å². The van der Waals surface area contributed by atoms with Crippen LogP contribution in [0.2, 0.25) is 5.02 Å². The van der Waals surface area contributed by atoms with Crippen molar-refractivity contribution in [2.75, 3.05) is 5.32 Å². The van der Waals surface area contributed by atoms with Crippen LogP contribution in [0.5, 0.6) is 0 Å². The van der Waals surface area contributed by atoms with Crippen LogP contribution < -0.4 is 5.32 Å². The number of hydrogen-bond acceptors (Lipinski definition) is 4. The summed E-state index contributed by atoms with van der Waals surface area (Å²) >= 11 is 6.53. The molecule has 0 saturated heterocycles. The first-order valence-corrected chi connectivity index (χ1v) is 9.22. The molecule has 4 rings (SSSR count). The Morgan fingerprint density at radius 1 is 1.04 bits per heavy atom. The number of rotatable bonds is 4. The van der Waals surface area contributed by atoms with Gasteiger partial charge in [0.15, 0.2) is 0 Å². The lowest BCUT2D eigenvalue weighted by molar-refractivity contribution is 0.319. The van der Waals surface area contributed by atoms with Crippen molar-refractivity contribution in [2.45, 2.75) is 6.92 Å². The number of aryl methyl sites for hydroxylation is 2. The molecular formula is C22H19ClN4O. The average molecular weight is 391 g/mol. The van der Waals surface area contributed by atoms with Crippen molar-refractivity contribution >= 4 is 40.0 Å². The van der Waals surface area contributed by atoms with E-state index in [1.165, 1.54) is 0 Å². The van der Waals surface area contributed by atoms with Crippen molar-refractivity contribution in [1.29, 1.82) is 0 Å². The molecule has 0 bridgehead atoms. The molecule has 0 spiro atoms. The van der Waals surface area contributed by atoms with Crippen LogP contribution in [-0.4, -0.2) is 20.5 Å². The van der Waals surface area contributed by atoms with Crippen LogP contribution in [0.25, 0.3) is 11.0 Å². The summed E-state index contributed by atoms with van der Waals surface area (Å²) in [7, 11) is 1.96. The normalized spacial score (nSPS) is 11.8. The number of nitrogens with one attached hydrogen (secondary N) is 1. The zero-order valence-corrected chi connectivity index (χ0v) is 16.3. The quantitative estimate of drug-likeness (QED) is 0.274. The van der Waals surface area contributed by atoms with E-state index in [1.54, 1.807) is 6.07 Å². The van der Waals surface area contributed by atoms with Crippen molar-refractivity contribution in [3.05, 3.63) is 88.4 Å². The van der Waals surface area contributed by atoms with Crippen molar-refractivity contribution in [1.82, 2.24) is 9.55 Å². The zero-order valence-electron chi connectivity index (χ0n) is 15.5. The molecule has 0 aliphatic carbocycles. The van der Waals surface area contributed by atoms with Crippen molar-refractivity contribution < 1.29 is 5.21 Å². The van der Waals surface area contributed by atoms with Gasteiger partial charge in [0, 0.05) is 23.9 Å². The number of nitrogens with zero attached hydrogens (tertiary/aromatic N) is 3. The van der Waals surface area contributed by atoms with Crippen LogP contribution in [-0.2, 0) is 7.05 Å². The number of aromatic nitrogens is 2. The number of anilines is 2. The molecule has 0 atom stereocenters. The molecule has 6 heteroatoms. The van der Waals surface area contributed by atoms with Gasteiger partial charge in [0.1, 0.15) is 5.71 Å². The van der Waals surface area contributed by atoms with Gasteiger partial charge in [0.2, 0.25) is 5.95 Å². The highest BCUT2D eigenvalue weighted by Crippen LogP contribution is 2.27. The Labute approximate surface area is 167 Å². The molecule has 0 fully saturated rings. The lowest BCUT2D eigenvalue weighted by Crippen LogP contribution is -2.07. The first-order chi connectivity index (χ1) is 13.6. The Hall–Kier alpha value is -3.31. The molecular weight excluding hydrogens is 372 g/mol. The number of hydrogen-bond donors (Lipinski definition) is 2. The van der Waals surface area contributed by atoms with Gasteiger partial charge in [0.05, 0.1) is 16.1 Å².